The molecule has 0 amide bonds. The van der Waals surface area contributed by atoms with Gasteiger partial charge in [0, 0.05) is 0 Å². The van der Waals surface area contributed by atoms with E-state index in [1.807, 2.05) is 13.8 Å². The number of nitrogens with zero attached hydrogens (tertiary/aromatic N) is 2. The zero-order valence-corrected chi connectivity index (χ0v) is 9.29. The van der Waals surface area contributed by atoms with E-state index in [0.29, 0.717) is 0 Å². The second-order valence-electron chi connectivity index (χ2n) is 4.92. The molecule has 0 rings (SSSR count). The fraction of sp³-hybridized carbons (Fsp3) is 0.700. The van der Waals surface area contributed by atoms with Crippen molar-refractivity contribution in [1.82, 2.24) is 0 Å². The summed E-state index contributed by atoms with van der Waals surface area (Å²) in [5, 5.41) is 11.0. The first-order valence-electron chi connectivity index (χ1n) is 4.36. The summed E-state index contributed by atoms with van der Waals surface area (Å²) in [7, 11) is 6.24. The van der Waals surface area contributed by atoms with Crippen molar-refractivity contribution >= 4 is 5.90 Å². The Kier molecular flexibility index (Phi) is 3.67. The summed E-state index contributed by atoms with van der Waals surface area (Å²) in [6.45, 7) is 8.13. The minimum atomic E-state index is -0.316. The highest BCUT2D eigenvalue weighted by molar-refractivity contribution is 5.83. The molecule has 0 atom stereocenters. The van der Waals surface area contributed by atoms with Gasteiger partial charge in [-0.1, -0.05) is 12.7 Å². The molecule has 0 fully saturated rings. The monoisotopic (exact) mass is 184 g/mol. The van der Waals surface area contributed by atoms with Gasteiger partial charge < -0.3 is 9.59 Å². The van der Waals surface area contributed by atoms with Crippen LogP contribution >= 0.6 is 0 Å². The molecule has 0 saturated carbocycles. The van der Waals surface area contributed by atoms with E-state index in [9.17, 15) is 5.11 Å². The normalized spacial score (nSPS) is 14.4. The fourth-order valence-electron chi connectivity index (χ4n) is 1.54. The van der Waals surface area contributed by atoms with Crippen molar-refractivity contribution in [3.05, 3.63) is 12.7 Å². The van der Waals surface area contributed by atoms with Gasteiger partial charge in [-0.15, -0.1) is 0 Å². The summed E-state index contributed by atoms with van der Waals surface area (Å²) in [6.07, 6.45) is 1.25. The molecule has 76 valence electrons. The first-order valence-corrected chi connectivity index (χ1v) is 4.36. The van der Waals surface area contributed by atoms with Gasteiger partial charge in [-0.2, -0.15) is 0 Å². The van der Waals surface area contributed by atoms with Crippen LogP contribution in [0.3, 0.4) is 0 Å². The van der Waals surface area contributed by atoms with Crippen LogP contribution in [0.2, 0.25) is 0 Å². The molecule has 0 radical (unpaired) electrons. The SMILES string of the molecule is C=CC([O-])=NC(C)(C)C[N+](C)(C)C. The molecule has 0 heterocycles. The van der Waals surface area contributed by atoms with Crippen LogP contribution < -0.4 is 5.11 Å². The third kappa shape index (κ3) is 6.34. The van der Waals surface area contributed by atoms with Gasteiger partial charge in [0.25, 0.3) is 0 Å². The Morgan fingerprint density at radius 1 is 1.46 bits per heavy atom. The van der Waals surface area contributed by atoms with E-state index in [1.54, 1.807) is 0 Å². The van der Waals surface area contributed by atoms with Crippen molar-refractivity contribution in [2.45, 2.75) is 19.4 Å². The van der Waals surface area contributed by atoms with Gasteiger partial charge in [-0.3, -0.25) is 4.99 Å². The Morgan fingerprint density at radius 2 is 1.92 bits per heavy atom. The quantitative estimate of drug-likeness (QED) is 0.354. The van der Waals surface area contributed by atoms with Gasteiger partial charge in [0.1, 0.15) is 12.1 Å². The van der Waals surface area contributed by atoms with Crippen molar-refractivity contribution in [2.75, 3.05) is 27.7 Å². The van der Waals surface area contributed by atoms with Crippen LogP contribution in [0.1, 0.15) is 13.8 Å². The lowest BCUT2D eigenvalue weighted by atomic mass is 10.1. The summed E-state index contributed by atoms with van der Waals surface area (Å²) >= 11 is 0. The highest BCUT2D eigenvalue weighted by atomic mass is 16.3. The van der Waals surface area contributed by atoms with Crippen LogP contribution in [-0.2, 0) is 0 Å². The predicted molar refractivity (Wildman–Crippen MR) is 54.6 cm³/mol. The first kappa shape index (κ1) is 12.2. The van der Waals surface area contributed by atoms with Crippen LogP contribution in [0.25, 0.3) is 0 Å². The highest BCUT2D eigenvalue weighted by Gasteiger charge is 2.24. The van der Waals surface area contributed by atoms with Gasteiger partial charge in [0.05, 0.1) is 21.1 Å². The number of aliphatic imine (C=N–C) groups is 1. The number of hydrogen-bond acceptors (Lipinski definition) is 2. The summed E-state index contributed by atoms with van der Waals surface area (Å²) in [5.74, 6) is -0.238. The average Bonchev–Trinajstić information content (AvgIpc) is 1.80. The molecule has 0 aromatic carbocycles. The Bertz CT molecular complexity index is 211. The third-order valence-electron chi connectivity index (χ3n) is 1.45. The maximum Gasteiger partial charge on any atom is 0.103 e. The number of rotatable bonds is 4. The molecule has 0 aromatic rings. The van der Waals surface area contributed by atoms with E-state index in [0.717, 1.165) is 11.0 Å². The number of quaternary nitrogens is 1. The molecule has 0 unspecified atom stereocenters. The predicted octanol–water partition coefficient (Wildman–Crippen LogP) is 0.416. The summed E-state index contributed by atoms with van der Waals surface area (Å²) < 4.78 is 0.793. The zero-order chi connectivity index (χ0) is 10.7. The highest BCUT2D eigenvalue weighted by Crippen LogP contribution is 2.12. The second-order valence-corrected chi connectivity index (χ2v) is 4.92. The molecule has 0 N–H and O–H groups in total. The smallest absolute Gasteiger partial charge is 0.103 e. The molecule has 13 heavy (non-hydrogen) atoms. The molecule has 3 heteroatoms. The van der Waals surface area contributed by atoms with E-state index in [2.05, 4.69) is 32.7 Å². The van der Waals surface area contributed by atoms with Crippen molar-refractivity contribution in [3.8, 4) is 0 Å². The standard InChI is InChI=1S/C10H20N2O/c1-7-9(13)11-10(2,3)8-12(4,5)6/h7H,1,8H2,2-6H3. The van der Waals surface area contributed by atoms with Gasteiger partial charge in [0.15, 0.2) is 0 Å². The summed E-state index contributed by atoms with van der Waals surface area (Å²) in [4.78, 5) is 4.04. The fourth-order valence-corrected chi connectivity index (χ4v) is 1.54. The van der Waals surface area contributed by atoms with Crippen LogP contribution in [0, 0.1) is 0 Å². The van der Waals surface area contributed by atoms with Gasteiger partial charge >= 0.3 is 0 Å². The molecular formula is C10H20N2O. The molecule has 0 aromatic heterocycles. The van der Waals surface area contributed by atoms with Crippen LogP contribution in [0.15, 0.2) is 17.6 Å². The second kappa shape index (κ2) is 3.92. The molecule has 0 saturated heterocycles. The zero-order valence-electron chi connectivity index (χ0n) is 9.29. The van der Waals surface area contributed by atoms with Crippen molar-refractivity contribution in [1.29, 1.82) is 0 Å². The first-order chi connectivity index (χ1) is 5.66. The lowest BCUT2D eigenvalue weighted by molar-refractivity contribution is -0.873. The molecule has 3 nitrogen and oxygen atoms in total. The van der Waals surface area contributed by atoms with E-state index in [4.69, 9.17) is 0 Å². The van der Waals surface area contributed by atoms with E-state index in [1.165, 1.54) is 6.08 Å². The minimum Gasteiger partial charge on any atom is -0.859 e. The molecule has 0 spiro atoms. The third-order valence-corrected chi connectivity index (χ3v) is 1.45. The molecule has 0 bridgehead atoms. The van der Waals surface area contributed by atoms with Gasteiger partial charge in [0.2, 0.25) is 0 Å². The van der Waals surface area contributed by atoms with Crippen molar-refractivity contribution < 1.29 is 9.59 Å². The van der Waals surface area contributed by atoms with E-state index >= 15 is 0 Å². The molecule has 0 aliphatic rings. The lowest BCUT2D eigenvalue weighted by Crippen LogP contribution is -2.46. The topological polar surface area (TPSA) is 35.4 Å². The average molecular weight is 184 g/mol. The maximum atomic E-state index is 11.0. The Morgan fingerprint density at radius 3 is 2.23 bits per heavy atom. The van der Waals surface area contributed by atoms with Crippen LogP contribution in [-0.4, -0.2) is 43.6 Å². The van der Waals surface area contributed by atoms with Crippen LogP contribution in [0.5, 0.6) is 0 Å². The van der Waals surface area contributed by atoms with E-state index < -0.39 is 0 Å². The largest absolute Gasteiger partial charge is 0.859 e. The molecule has 0 aliphatic carbocycles. The maximum absolute atomic E-state index is 11.0. The lowest BCUT2D eigenvalue weighted by Gasteiger charge is -2.32. The minimum absolute atomic E-state index is 0.238. The Labute approximate surface area is 81.0 Å². The van der Waals surface area contributed by atoms with Gasteiger partial charge in [-0.05, 0) is 19.7 Å². The molecular weight excluding hydrogens is 164 g/mol. The van der Waals surface area contributed by atoms with Gasteiger partial charge in [-0.25, -0.2) is 0 Å². The van der Waals surface area contributed by atoms with Crippen LogP contribution in [0.4, 0.5) is 0 Å². The van der Waals surface area contributed by atoms with Crippen molar-refractivity contribution in [2.24, 2.45) is 4.99 Å². The molecule has 0 aliphatic heterocycles. The summed E-state index contributed by atoms with van der Waals surface area (Å²) in [5.41, 5.74) is -0.316. The van der Waals surface area contributed by atoms with E-state index in [-0.39, 0.29) is 11.4 Å². The Hall–Kier alpha value is -0.830. The summed E-state index contributed by atoms with van der Waals surface area (Å²) in [6, 6.07) is 0. The Balaban J connectivity index is 4.50. The number of likely N-dealkylation sites (N-methyl/N-ethyl adjacent to an activating group) is 1. The number of hydrogen-bond donors (Lipinski definition) is 0. The van der Waals surface area contributed by atoms with Crippen molar-refractivity contribution in [3.63, 3.8) is 0 Å².